The summed E-state index contributed by atoms with van der Waals surface area (Å²) in [6.07, 6.45) is -1.58. The molecule has 138 valence electrons. The van der Waals surface area contributed by atoms with Gasteiger partial charge in [-0.15, -0.1) is 0 Å². The van der Waals surface area contributed by atoms with E-state index in [1.165, 1.54) is 29.8 Å². The van der Waals surface area contributed by atoms with Crippen molar-refractivity contribution in [3.63, 3.8) is 0 Å². The molecule has 0 amide bonds. The summed E-state index contributed by atoms with van der Waals surface area (Å²) < 4.78 is 66.5. The Balaban J connectivity index is 1.93. The smallest absolute Gasteiger partial charge is 0.289 e. The second-order valence-electron chi connectivity index (χ2n) is 5.84. The first-order chi connectivity index (χ1) is 12.1. The first-order valence-corrected chi connectivity index (χ1v) is 9.13. The van der Waals surface area contributed by atoms with Gasteiger partial charge in [0.15, 0.2) is 5.03 Å². The third-order valence-corrected chi connectivity index (χ3v) is 6.20. The van der Waals surface area contributed by atoms with Gasteiger partial charge < -0.3 is 0 Å². The SMILES string of the molecule is C[C@@H](c1ccc(C(F)(F)F)cc1)N(C)S(=O)(=O)c1cnc2ccccn12. The van der Waals surface area contributed by atoms with Gasteiger partial charge in [-0.3, -0.25) is 4.40 Å². The number of imidazole rings is 1. The lowest BCUT2D eigenvalue weighted by Gasteiger charge is -2.24. The van der Waals surface area contributed by atoms with Crippen molar-refractivity contribution in [3.8, 4) is 0 Å². The zero-order valence-corrected chi connectivity index (χ0v) is 14.8. The van der Waals surface area contributed by atoms with Gasteiger partial charge in [0.05, 0.1) is 11.8 Å². The lowest BCUT2D eigenvalue weighted by Crippen LogP contribution is -2.30. The lowest BCUT2D eigenvalue weighted by molar-refractivity contribution is -0.137. The fourth-order valence-electron chi connectivity index (χ4n) is 2.62. The van der Waals surface area contributed by atoms with Crippen LogP contribution < -0.4 is 0 Å². The minimum absolute atomic E-state index is 0.00522. The van der Waals surface area contributed by atoms with Crippen LogP contribution in [0.2, 0.25) is 0 Å². The molecule has 3 aromatic rings. The number of hydrogen-bond donors (Lipinski definition) is 0. The number of hydrogen-bond acceptors (Lipinski definition) is 3. The molecular formula is C17H16F3N3O2S. The van der Waals surface area contributed by atoms with Crippen LogP contribution in [0.5, 0.6) is 0 Å². The van der Waals surface area contributed by atoms with E-state index in [1.807, 2.05) is 0 Å². The van der Waals surface area contributed by atoms with Crippen LogP contribution in [0.3, 0.4) is 0 Å². The molecule has 0 aliphatic heterocycles. The summed E-state index contributed by atoms with van der Waals surface area (Å²) in [5, 5.41) is -0.00522. The van der Waals surface area contributed by atoms with E-state index in [4.69, 9.17) is 0 Å². The van der Waals surface area contributed by atoms with Crippen LogP contribution in [0.1, 0.15) is 24.1 Å². The molecule has 9 heteroatoms. The molecule has 0 radical (unpaired) electrons. The third kappa shape index (κ3) is 3.19. The number of rotatable bonds is 4. The van der Waals surface area contributed by atoms with Gasteiger partial charge in [-0.05, 0) is 36.8 Å². The van der Waals surface area contributed by atoms with Gasteiger partial charge in [0, 0.05) is 19.3 Å². The summed E-state index contributed by atoms with van der Waals surface area (Å²) in [7, 11) is -2.51. The van der Waals surface area contributed by atoms with Crippen molar-refractivity contribution in [2.45, 2.75) is 24.2 Å². The molecule has 1 atom stereocenters. The minimum Gasteiger partial charge on any atom is -0.289 e. The van der Waals surface area contributed by atoms with E-state index in [9.17, 15) is 21.6 Å². The highest BCUT2D eigenvalue weighted by molar-refractivity contribution is 7.89. The molecule has 0 fully saturated rings. The van der Waals surface area contributed by atoms with E-state index < -0.39 is 27.8 Å². The number of fused-ring (bicyclic) bond motifs is 1. The maximum Gasteiger partial charge on any atom is 0.416 e. The number of pyridine rings is 1. The molecule has 1 aromatic carbocycles. The maximum absolute atomic E-state index is 12.9. The molecule has 0 saturated heterocycles. The van der Waals surface area contributed by atoms with E-state index in [0.717, 1.165) is 16.4 Å². The highest BCUT2D eigenvalue weighted by Gasteiger charge is 2.32. The zero-order valence-electron chi connectivity index (χ0n) is 14.0. The molecule has 5 nitrogen and oxygen atoms in total. The molecule has 0 aliphatic rings. The Morgan fingerprint density at radius 3 is 2.38 bits per heavy atom. The second kappa shape index (κ2) is 6.40. The first kappa shape index (κ1) is 18.4. The van der Waals surface area contributed by atoms with Gasteiger partial charge >= 0.3 is 6.18 Å². The summed E-state index contributed by atoms with van der Waals surface area (Å²) in [6, 6.07) is 8.92. The van der Waals surface area contributed by atoms with Crippen molar-refractivity contribution >= 4 is 15.7 Å². The maximum atomic E-state index is 12.9. The predicted octanol–water partition coefficient (Wildman–Crippen LogP) is 3.73. The fraction of sp³-hybridized carbons (Fsp3) is 0.235. The number of nitrogens with zero attached hydrogens (tertiary/aromatic N) is 3. The molecule has 2 heterocycles. The molecule has 0 N–H and O–H groups in total. The van der Waals surface area contributed by atoms with Crippen LogP contribution >= 0.6 is 0 Å². The van der Waals surface area contributed by atoms with Crippen LogP contribution in [-0.4, -0.2) is 29.2 Å². The van der Waals surface area contributed by atoms with Gasteiger partial charge in [-0.25, -0.2) is 13.4 Å². The number of sulfonamides is 1. The van der Waals surface area contributed by atoms with Gasteiger partial charge in [-0.1, -0.05) is 18.2 Å². The number of benzene rings is 1. The quantitative estimate of drug-likeness (QED) is 0.690. The Morgan fingerprint density at radius 1 is 1.12 bits per heavy atom. The lowest BCUT2D eigenvalue weighted by atomic mass is 10.1. The topological polar surface area (TPSA) is 54.7 Å². The zero-order chi connectivity index (χ0) is 19.1. The van der Waals surface area contributed by atoms with Crippen LogP contribution in [0, 0.1) is 0 Å². The predicted molar refractivity (Wildman–Crippen MR) is 90.0 cm³/mol. The molecule has 0 aliphatic carbocycles. The van der Waals surface area contributed by atoms with Crippen molar-refractivity contribution in [1.82, 2.24) is 13.7 Å². The van der Waals surface area contributed by atoms with Crippen LogP contribution in [-0.2, 0) is 16.2 Å². The van der Waals surface area contributed by atoms with Crippen molar-refractivity contribution < 1.29 is 21.6 Å². The summed E-state index contributed by atoms with van der Waals surface area (Å²) in [6.45, 7) is 1.61. The van der Waals surface area contributed by atoms with Crippen LogP contribution in [0.15, 0.2) is 59.9 Å². The Bertz CT molecular complexity index is 1030. The molecular weight excluding hydrogens is 367 g/mol. The van der Waals surface area contributed by atoms with E-state index in [2.05, 4.69) is 4.98 Å². The van der Waals surface area contributed by atoms with Crippen molar-refractivity contribution in [1.29, 1.82) is 0 Å². The van der Waals surface area contributed by atoms with Gasteiger partial charge in [-0.2, -0.15) is 17.5 Å². The molecule has 0 unspecified atom stereocenters. The first-order valence-electron chi connectivity index (χ1n) is 7.69. The molecule has 0 bridgehead atoms. The van der Waals surface area contributed by atoms with Crippen molar-refractivity contribution in [3.05, 3.63) is 66.0 Å². The summed E-state index contributed by atoms with van der Waals surface area (Å²) in [4.78, 5) is 4.07. The van der Waals surface area contributed by atoms with Crippen LogP contribution in [0.25, 0.3) is 5.65 Å². The largest absolute Gasteiger partial charge is 0.416 e. The standard InChI is InChI=1S/C17H16F3N3O2S/c1-12(13-6-8-14(9-7-13)17(18,19)20)22(2)26(24,25)16-11-21-15-5-3-4-10-23(15)16/h3-12H,1-2H3/t12-/m0/s1. The average Bonchev–Trinajstić information content (AvgIpc) is 3.04. The van der Waals surface area contributed by atoms with Crippen LogP contribution in [0.4, 0.5) is 13.2 Å². The highest BCUT2D eigenvalue weighted by Crippen LogP contribution is 2.31. The third-order valence-electron chi connectivity index (χ3n) is 4.29. The molecule has 0 saturated carbocycles. The van der Waals surface area contributed by atoms with E-state index in [0.29, 0.717) is 11.2 Å². The Labute approximate surface area is 148 Å². The Morgan fingerprint density at radius 2 is 1.77 bits per heavy atom. The van der Waals surface area contributed by atoms with Gasteiger partial charge in [0.25, 0.3) is 10.0 Å². The monoisotopic (exact) mass is 383 g/mol. The van der Waals surface area contributed by atoms with E-state index in [1.54, 1.807) is 31.3 Å². The van der Waals surface area contributed by atoms with E-state index in [-0.39, 0.29) is 5.03 Å². The molecule has 2 aromatic heterocycles. The number of halogens is 3. The molecule has 3 rings (SSSR count). The molecule has 0 spiro atoms. The summed E-state index contributed by atoms with van der Waals surface area (Å²) in [5.74, 6) is 0. The van der Waals surface area contributed by atoms with Gasteiger partial charge in [0.1, 0.15) is 5.65 Å². The van der Waals surface area contributed by atoms with Crippen molar-refractivity contribution in [2.75, 3.05) is 7.05 Å². The normalized spacial score (nSPS) is 14.1. The summed E-state index contributed by atoms with van der Waals surface area (Å²) >= 11 is 0. The number of aromatic nitrogens is 2. The van der Waals surface area contributed by atoms with Gasteiger partial charge in [0.2, 0.25) is 0 Å². The average molecular weight is 383 g/mol. The molecule has 26 heavy (non-hydrogen) atoms. The highest BCUT2D eigenvalue weighted by atomic mass is 32.2. The fourth-order valence-corrected chi connectivity index (χ4v) is 4.04. The van der Waals surface area contributed by atoms with E-state index >= 15 is 0 Å². The summed E-state index contributed by atoms with van der Waals surface area (Å²) in [5.41, 5.74) is 0.167. The Hall–Kier alpha value is -2.39. The minimum atomic E-state index is -4.43. The van der Waals surface area contributed by atoms with Crippen molar-refractivity contribution in [2.24, 2.45) is 0 Å². The second-order valence-corrected chi connectivity index (χ2v) is 7.79. The number of alkyl halides is 3. The Kier molecular flexibility index (Phi) is 4.53.